The summed E-state index contributed by atoms with van der Waals surface area (Å²) in [5.41, 5.74) is 0. The Labute approximate surface area is 71.8 Å². The first-order chi connectivity index (χ1) is 5.65. The second-order valence-electron chi connectivity index (χ2n) is 3.44. The van der Waals surface area contributed by atoms with Crippen LogP contribution in [-0.4, -0.2) is 47.8 Å². The predicted molar refractivity (Wildman–Crippen MR) is 43.8 cm³/mol. The lowest BCUT2D eigenvalue weighted by atomic mass is 9.86. The molecule has 0 aliphatic carbocycles. The Morgan fingerprint density at radius 1 is 1.67 bits per heavy atom. The summed E-state index contributed by atoms with van der Waals surface area (Å²) in [6, 6.07) is 0. The number of carboxylic acids is 1. The highest BCUT2D eigenvalue weighted by Gasteiger charge is 2.32. The monoisotopic (exact) mass is 173 g/mol. The van der Waals surface area contributed by atoms with Gasteiger partial charge in [-0.2, -0.15) is 0 Å². The molecule has 4 heteroatoms. The maximum atomic E-state index is 10.7. The van der Waals surface area contributed by atoms with Crippen LogP contribution in [0, 0.1) is 11.8 Å². The van der Waals surface area contributed by atoms with E-state index in [1.165, 1.54) is 0 Å². The molecule has 0 radical (unpaired) electrons. The van der Waals surface area contributed by atoms with Gasteiger partial charge in [0.05, 0.1) is 5.92 Å². The van der Waals surface area contributed by atoms with Crippen molar-refractivity contribution in [1.82, 2.24) is 4.90 Å². The number of hydrogen-bond donors (Lipinski definition) is 2. The summed E-state index contributed by atoms with van der Waals surface area (Å²) >= 11 is 0. The average molecular weight is 173 g/mol. The number of hydrogen-bond acceptors (Lipinski definition) is 3. The number of aliphatic hydroxyl groups is 1. The van der Waals surface area contributed by atoms with Crippen molar-refractivity contribution >= 4 is 5.97 Å². The lowest BCUT2D eigenvalue weighted by Crippen LogP contribution is -2.42. The van der Waals surface area contributed by atoms with E-state index in [-0.39, 0.29) is 18.4 Å². The molecule has 70 valence electrons. The third-order valence-corrected chi connectivity index (χ3v) is 2.49. The lowest BCUT2D eigenvalue weighted by molar-refractivity contribution is -0.146. The summed E-state index contributed by atoms with van der Waals surface area (Å²) in [5, 5.41) is 17.7. The van der Waals surface area contributed by atoms with Gasteiger partial charge in [0.2, 0.25) is 0 Å². The normalized spacial score (nSPS) is 31.8. The van der Waals surface area contributed by atoms with E-state index in [4.69, 9.17) is 10.2 Å². The third-order valence-electron chi connectivity index (χ3n) is 2.49. The molecule has 2 N–H and O–H groups in total. The SMILES string of the molecule is CN1CC[C@@H](C(=O)O)[C@@H](CO)C1. The van der Waals surface area contributed by atoms with Crippen LogP contribution in [0.25, 0.3) is 0 Å². The summed E-state index contributed by atoms with van der Waals surface area (Å²) in [6.45, 7) is 1.47. The van der Waals surface area contributed by atoms with Crippen molar-refractivity contribution in [3.05, 3.63) is 0 Å². The molecule has 12 heavy (non-hydrogen) atoms. The highest BCUT2D eigenvalue weighted by atomic mass is 16.4. The Morgan fingerprint density at radius 2 is 2.33 bits per heavy atom. The van der Waals surface area contributed by atoms with Crippen LogP contribution in [-0.2, 0) is 4.79 Å². The van der Waals surface area contributed by atoms with Crippen LogP contribution in [0.5, 0.6) is 0 Å². The number of nitrogens with zero attached hydrogens (tertiary/aromatic N) is 1. The molecule has 2 atom stereocenters. The van der Waals surface area contributed by atoms with Crippen molar-refractivity contribution in [3.8, 4) is 0 Å². The van der Waals surface area contributed by atoms with Gasteiger partial charge in [-0.15, -0.1) is 0 Å². The van der Waals surface area contributed by atoms with Crippen LogP contribution in [0.4, 0.5) is 0 Å². The largest absolute Gasteiger partial charge is 0.481 e. The van der Waals surface area contributed by atoms with Crippen molar-refractivity contribution in [3.63, 3.8) is 0 Å². The van der Waals surface area contributed by atoms with Gasteiger partial charge in [-0.25, -0.2) is 0 Å². The van der Waals surface area contributed by atoms with Crippen molar-refractivity contribution in [2.24, 2.45) is 11.8 Å². The Balaban J connectivity index is 2.56. The fourth-order valence-corrected chi connectivity index (χ4v) is 1.72. The van der Waals surface area contributed by atoms with E-state index in [9.17, 15) is 4.79 Å². The number of rotatable bonds is 2. The van der Waals surface area contributed by atoms with Crippen molar-refractivity contribution < 1.29 is 15.0 Å². The standard InChI is InChI=1S/C8H15NO3/c1-9-3-2-7(8(11)12)6(4-9)5-10/h6-7,10H,2-5H2,1H3,(H,11,12)/t6-,7-/m1/s1. The van der Waals surface area contributed by atoms with Crippen LogP contribution in [0.2, 0.25) is 0 Å². The molecule has 1 aliphatic rings. The second kappa shape index (κ2) is 3.87. The van der Waals surface area contributed by atoms with E-state index < -0.39 is 5.97 Å². The van der Waals surface area contributed by atoms with Crippen LogP contribution < -0.4 is 0 Å². The number of piperidine rings is 1. The van der Waals surface area contributed by atoms with Crippen molar-refractivity contribution in [1.29, 1.82) is 0 Å². The number of aliphatic hydroxyl groups excluding tert-OH is 1. The molecular formula is C8H15NO3. The minimum absolute atomic E-state index is 0.0265. The Hall–Kier alpha value is -0.610. The summed E-state index contributed by atoms with van der Waals surface area (Å²) in [6.07, 6.45) is 0.650. The van der Waals surface area contributed by atoms with Crippen LogP contribution in [0.3, 0.4) is 0 Å². The first kappa shape index (κ1) is 9.48. The van der Waals surface area contributed by atoms with E-state index in [1.54, 1.807) is 0 Å². The zero-order valence-corrected chi connectivity index (χ0v) is 7.23. The first-order valence-electron chi connectivity index (χ1n) is 4.17. The topological polar surface area (TPSA) is 60.8 Å². The smallest absolute Gasteiger partial charge is 0.306 e. The number of carboxylic acid groups (broad SMARTS) is 1. The van der Waals surface area contributed by atoms with Gasteiger partial charge in [0.1, 0.15) is 0 Å². The van der Waals surface area contributed by atoms with E-state index in [2.05, 4.69) is 4.90 Å². The molecule has 0 aromatic heterocycles. The van der Waals surface area contributed by atoms with Gasteiger partial charge in [0.25, 0.3) is 0 Å². The molecule has 1 fully saturated rings. The molecule has 0 amide bonds. The first-order valence-corrected chi connectivity index (χ1v) is 4.17. The molecule has 1 aliphatic heterocycles. The van der Waals surface area contributed by atoms with Crippen molar-refractivity contribution in [2.45, 2.75) is 6.42 Å². The molecule has 1 heterocycles. The van der Waals surface area contributed by atoms with Gasteiger partial charge in [0.15, 0.2) is 0 Å². The minimum Gasteiger partial charge on any atom is -0.481 e. The Morgan fingerprint density at radius 3 is 2.83 bits per heavy atom. The minimum atomic E-state index is -0.776. The average Bonchev–Trinajstić information content (AvgIpc) is 2.03. The van der Waals surface area contributed by atoms with E-state index in [1.807, 2.05) is 7.05 Å². The molecule has 1 rings (SSSR count). The summed E-state index contributed by atoms with van der Waals surface area (Å²) in [5.74, 6) is -1.23. The molecule has 1 saturated heterocycles. The van der Waals surface area contributed by atoms with Crippen LogP contribution in [0.1, 0.15) is 6.42 Å². The maximum absolute atomic E-state index is 10.7. The molecule has 0 aromatic rings. The van der Waals surface area contributed by atoms with Gasteiger partial charge in [0, 0.05) is 19.1 Å². The third kappa shape index (κ3) is 1.95. The number of carbonyl (C=O) groups is 1. The second-order valence-corrected chi connectivity index (χ2v) is 3.44. The lowest BCUT2D eigenvalue weighted by Gasteiger charge is -2.33. The predicted octanol–water partition coefficient (Wildman–Crippen LogP) is -0.369. The molecule has 0 spiro atoms. The van der Waals surface area contributed by atoms with Gasteiger partial charge < -0.3 is 15.1 Å². The fraction of sp³-hybridized carbons (Fsp3) is 0.875. The highest BCUT2D eigenvalue weighted by Crippen LogP contribution is 2.22. The fourth-order valence-electron chi connectivity index (χ4n) is 1.72. The highest BCUT2D eigenvalue weighted by molar-refractivity contribution is 5.70. The molecule has 0 bridgehead atoms. The zero-order valence-electron chi connectivity index (χ0n) is 7.23. The Kier molecular flexibility index (Phi) is 3.05. The maximum Gasteiger partial charge on any atom is 0.306 e. The molecule has 0 aromatic carbocycles. The molecule has 4 nitrogen and oxygen atoms in total. The quantitative estimate of drug-likeness (QED) is 0.598. The van der Waals surface area contributed by atoms with Crippen LogP contribution >= 0.6 is 0 Å². The van der Waals surface area contributed by atoms with Gasteiger partial charge in [-0.05, 0) is 20.0 Å². The van der Waals surface area contributed by atoms with Gasteiger partial charge in [-0.3, -0.25) is 4.79 Å². The van der Waals surface area contributed by atoms with E-state index in [0.717, 1.165) is 6.54 Å². The van der Waals surface area contributed by atoms with Crippen LogP contribution in [0.15, 0.2) is 0 Å². The molecule has 0 unspecified atom stereocenters. The summed E-state index contributed by atoms with van der Waals surface area (Å²) in [7, 11) is 1.95. The van der Waals surface area contributed by atoms with E-state index >= 15 is 0 Å². The van der Waals surface area contributed by atoms with Crippen molar-refractivity contribution in [2.75, 3.05) is 26.7 Å². The summed E-state index contributed by atoms with van der Waals surface area (Å²) < 4.78 is 0. The van der Waals surface area contributed by atoms with E-state index in [0.29, 0.717) is 13.0 Å². The zero-order chi connectivity index (χ0) is 9.14. The number of likely N-dealkylation sites (tertiary alicyclic amines) is 1. The Bertz CT molecular complexity index is 172. The molecule has 0 saturated carbocycles. The molecular weight excluding hydrogens is 158 g/mol. The number of aliphatic carboxylic acids is 1. The van der Waals surface area contributed by atoms with Gasteiger partial charge in [-0.1, -0.05) is 0 Å². The summed E-state index contributed by atoms with van der Waals surface area (Å²) in [4.78, 5) is 12.8. The van der Waals surface area contributed by atoms with Gasteiger partial charge >= 0.3 is 5.97 Å².